The summed E-state index contributed by atoms with van der Waals surface area (Å²) in [6, 6.07) is 2.13. The minimum Gasteiger partial charge on any atom is -0.390 e. The molecule has 1 aromatic carbocycles. The summed E-state index contributed by atoms with van der Waals surface area (Å²) in [6.07, 6.45) is 2.05. The largest absolute Gasteiger partial charge is 0.390 e. The molecule has 0 radical (unpaired) electrons. The van der Waals surface area contributed by atoms with Gasteiger partial charge in [-0.3, -0.25) is 0 Å². The highest BCUT2D eigenvalue weighted by Gasteiger charge is 2.39. The molecular formula is C11H11F3O. The third-order valence-corrected chi connectivity index (χ3v) is 2.80. The third kappa shape index (κ3) is 2.15. The molecule has 1 aliphatic rings. The van der Waals surface area contributed by atoms with Crippen LogP contribution in [0, 0.1) is 17.5 Å². The van der Waals surface area contributed by atoms with E-state index in [1.54, 1.807) is 0 Å². The van der Waals surface area contributed by atoms with Gasteiger partial charge in [0.25, 0.3) is 0 Å². The summed E-state index contributed by atoms with van der Waals surface area (Å²) < 4.78 is 38.6. The molecule has 0 amide bonds. The lowest BCUT2D eigenvalue weighted by Crippen LogP contribution is -2.09. The van der Waals surface area contributed by atoms with Crippen molar-refractivity contribution in [1.29, 1.82) is 0 Å². The predicted octanol–water partition coefficient (Wildman–Crippen LogP) is 2.56. The Hall–Kier alpha value is -1.03. The van der Waals surface area contributed by atoms with Crippen LogP contribution in [0.2, 0.25) is 0 Å². The minimum absolute atomic E-state index is 0.120. The standard InChI is InChI=1S/C11H11F3O/c12-8-2-1-7(9(13)10(8)14)3-4-11(15)5-6-11/h1-2,15H,3-6H2. The number of aryl methyl sites for hydroxylation is 1. The van der Waals surface area contributed by atoms with Gasteiger partial charge in [-0.15, -0.1) is 0 Å². The van der Waals surface area contributed by atoms with Gasteiger partial charge in [0.15, 0.2) is 17.5 Å². The van der Waals surface area contributed by atoms with Crippen LogP contribution >= 0.6 is 0 Å². The van der Waals surface area contributed by atoms with Crippen molar-refractivity contribution in [1.82, 2.24) is 0 Å². The first-order valence-corrected chi connectivity index (χ1v) is 4.87. The molecule has 1 nitrogen and oxygen atoms in total. The second kappa shape index (κ2) is 3.52. The summed E-state index contributed by atoms with van der Waals surface area (Å²) in [7, 11) is 0. The third-order valence-electron chi connectivity index (χ3n) is 2.80. The van der Waals surface area contributed by atoms with Gasteiger partial charge in [-0.25, -0.2) is 13.2 Å². The Balaban J connectivity index is 2.11. The van der Waals surface area contributed by atoms with Crippen molar-refractivity contribution in [3.63, 3.8) is 0 Å². The molecule has 4 heteroatoms. The summed E-state index contributed by atoms with van der Waals surface area (Å²) in [4.78, 5) is 0. The molecule has 1 N–H and O–H groups in total. The highest BCUT2D eigenvalue weighted by atomic mass is 19.2. The zero-order valence-corrected chi connectivity index (χ0v) is 8.06. The summed E-state index contributed by atoms with van der Waals surface area (Å²) in [5.41, 5.74) is -0.577. The maximum atomic E-state index is 13.2. The predicted molar refractivity (Wildman–Crippen MR) is 48.8 cm³/mol. The Kier molecular flexibility index (Phi) is 2.46. The average molecular weight is 216 g/mol. The lowest BCUT2D eigenvalue weighted by molar-refractivity contribution is 0.140. The molecule has 15 heavy (non-hydrogen) atoms. The molecular weight excluding hydrogens is 205 g/mol. The summed E-state index contributed by atoms with van der Waals surface area (Å²) in [5.74, 6) is -3.75. The van der Waals surface area contributed by atoms with Crippen LogP contribution in [0.4, 0.5) is 13.2 Å². The van der Waals surface area contributed by atoms with Crippen molar-refractivity contribution in [2.75, 3.05) is 0 Å². The molecule has 2 rings (SSSR count). The molecule has 1 saturated carbocycles. The number of hydrogen-bond acceptors (Lipinski definition) is 1. The fraction of sp³-hybridized carbons (Fsp3) is 0.455. The number of aliphatic hydroxyl groups is 1. The van der Waals surface area contributed by atoms with Crippen LogP contribution in [0.25, 0.3) is 0 Å². The van der Waals surface area contributed by atoms with Crippen LogP contribution in [-0.4, -0.2) is 10.7 Å². The molecule has 0 atom stereocenters. The molecule has 0 aliphatic heterocycles. The van der Waals surface area contributed by atoms with E-state index in [4.69, 9.17) is 0 Å². The van der Waals surface area contributed by atoms with Gasteiger partial charge in [0, 0.05) is 0 Å². The monoisotopic (exact) mass is 216 g/mol. The van der Waals surface area contributed by atoms with Crippen molar-refractivity contribution in [3.8, 4) is 0 Å². The van der Waals surface area contributed by atoms with E-state index in [0.29, 0.717) is 19.3 Å². The number of halogens is 3. The number of benzene rings is 1. The van der Waals surface area contributed by atoms with Gasteiger partial charge in [0.05, 0.1) is 5.60 Å². The molecule has 0 heterocycles. The Labute approximate surface area is 85.5 Å². The van der Waals surface area contributed by atoms with Crippen molar-refractivity contribution in [2.45, 2.75) is 31.3 Å². The SMILES string of the molecule is OC1(CCc2ccc(F)c(F)c2F)CC1. The van der Waals surface area contributed by atoms with E-state index < -0.39 is 23.1 Å². The second-order valence-electron chi connectivity index (χ2n) is 4.06. The molecule has 0 bridgehead atoms. The maximum Gasteiger partial charge on any atom is 0.194 e. The molecule has 1 fully saturated rings. The number of rotatable bonds is 3. The van der Waals surface area contributed by atoms with Crippen molar-refractivity contribution in [2.24, 2.45) is 0 Å². The molecule has 1 aliphatic carbocycles. The van der Waals surface area contributed by atoms with E-state index in [0.717, 1.165) is 6.07 Å². The van der Waals surface area contributed by atoms with Crippen molar-refractivity contribution in [3.05, 3.63) is 35.1 Å². The molecule has 1 aromatic rings. The molecule has 0 spiro atoms. The maximum absolute atomic E-state index is 13.2. The minimum atomic E-state index is -1.43. The molecule has 0 aromatic heterocycles. The van der Waals surface area contributed by atoms with Gasteiger partial charge >= 0.3 is 0 Å². The zero-order valence-electron chi connectivity index (χ0n) is 8.06. The van der Waals surface area contributed by atoms with E-state index in [9.17, 15) is 18.3 Å². The summed E-state index contributed by atoms with van der Waals surface area (Å²) in [6.45, 7) is 0. The van der Waals surface area contributed by atoms with Gasteiger partial charge in [0.1, 0.15) is 0 Å². The summed E-state index contributed by atoms with van der Waals surface area (Å²) >= 11 is 0. The van der Waals surface area contributed by atoms with Gasteiger partial charge in [0.2, 0.25) is 0 Å². The second-order valence-corrected chi connectivity index (χ2v) is 4.06. The molecule has 0 unspecified atom stereocenters. The Morgan fingerprint density at radius 1 is 1.13 bits per heavy atom. The quantitative estimate of drug-likeness (QED) is 0.770. The smallest absolute Gasteiger partial charge is 0.194 e. The van der Waals surface area contributed by atoms with Crippen LogP contribution in [0.1, 0.15) is 24.8 Å². The van der Waals surface area contributed by atoms with E-state index in [2.05, 4.69) is 0 Å². The van der Waals surface area contributed by atoms with Gasteiger partial charge in [-0.2, -0.15) is 0 Å². The van der Waals surface area contributed by atoms with Gasteiger partial charge < -0.3 is 5.11 Å². The first kappa shape index (κ1) is 10.5. The topological polar surface area (TPSA) is 20.2 Å². The first-order valence-electron chi connectivity index (χ1n) is 4.87. The lowest BCUT2D eigenvalue weighted by atomic mass is 10.0. The van der Waals surface area contributed by atoms with E-state index in [-0.39, 0.29) is 12.0 Å². The van der Waals surface area contributed by atoms with Crippen molar-refractivity contribution >= 4 is 0 Å². The van der Waals surface area contributed by atoms with E-state index in [1.165, 1.54) is 6.07 Å². The normalized spacial score (nSPS) is 17.9. The van der Waals surface area contributed by atoms with Crippen molar-refractivity contribution < 1.29 is 18.3 Å². The van der Waals surface area contributed by atoms with Crippen LogP contribution in [0.3, 0.4) is 0 Å². The average Bonchev–Trinajstić information content (AvgIpc) is 2.93. The zero-order chi connectivity index (χ0) is 11.1. The van der Waals surface area contributed by atoms with Crippen LogP contribution in [-0.2, 0) is 6.42 Å². The van der Waals surface area contributed by atoms with Crippen LogP contribution in [0.5, 0.6) is 0 Å². The fourth-order valence-electron chi connectivity index (χ4n) is 1.52. The van der Waals surface area contributed by atoms with E-state index in [1.807, 2.05) is 0 Å². The Bertz CT molecular complexity index is 386. The Morgan fingerprint density at radius 2 is 1.80 bits per heavy atom. The lowest BCUT2D eigenvalue weighted by Gasteiger charge is -2.08. The van der Waals surface area contributed by atoms with Crippen LogP contribution < -0.4 is 0 Å². The van der Waals surface area contributed by atoms with Crippen LogP contribution in [0.15, 0.2) is 12.1 Å². The molecule has 0 saturated heterocycles. The summed E-state index contributed by atoms with van der Waals surface area (Å²) in [5, 5.41) is 9.51. The van der Waals surface area contributed by atoms with Gasteiger partial charge in [-0.1, -0.05) is 6.07 Å². The van der Waals surface area contributed by atoms with Gasteiger partial charge in [-0.05, 0) is 37.3 Å². The highest BCUT2D eigenvalue weighted by molar-refractivity contribution is 5.21. The molecule has 82 valence electrons. The van der Waals surface area contributed by atoms with E-state index >= 15 is 0 Å². The highest BCUT2D eigenvalue weighted by Crippen LogP contribution is 2.39. The number of hydrogen-bond donors (Lipinski definition) is 1. The Morgan fingerprint density at radius 3 is 2.40 bits per heavy atom. The first-order chi connectivity index (χ1) is 7.02. The fourth-order valence-corrected chi connectivity index (χ4v) is 1.52.